The second-order valence-electron chi connectivity index (χ2n) is 3.65. The molecular weight excluding hydrogens is 170 g/mol. The van der Waals surface area contributed by atoms with E-state index in [1.165, 1.54) is 16.8 Å². The summed E-state index contributed by atoms with van der Waals surface area (Å²) in [6.07, 6.45) is 15.0. The summed E-state index contributed by atoms with van der Waals surface area (Å²) in [7, 11) is 0. The first kappa shape index (κ1) is 9.07. The Morgan fingerprint density at radius 1 is 1.29 bits per heavy atom. The van der Waals surface area contributed by atoms with Crippen molar-refractivity contribution in [1.82, 2.24) is 4.98 Å². The quantitative estimate of drug-likeness (QED) is 0.686. The largest absolute Gasteiger partial charge is 0.361 e. The molecule has 14 heavy (non-hydrogen) atoms. The summed E-state index contributed by atoms with van der Waals surface area (Å²) in [5.74, 6) is 0.522. The number of nitrogens with one attached hydrogen (secondary N) is 1. The zero-order chi connectivity index (χ0) is 9.97. The van der Waals surface area contributed by atoms with Gasteiger partial charge in [-0.05, 0) is 24.5 Å². The fourth-order valence-electron chi connectivity index (χ4n) is 1.67. The van der Waals surface area contributed by atoms with Crippen LogP contribution in [0.4, 0.5) is 0 Å². The van der Waals surface area contributed by atoms with E-state index in [4.69, 9.17) is 0 Å². The molecule has 1 aliphatic rings. The first-order valence-corrected chi connectivity index (χ1v) is 5.01. The Hall–Kier alpha value is -1.50. The molecule has 1 unspecified atom stereocenters. The van der Waals surface area contributed by atoms with Crippen LogP contribution in [0.2, 0.25) is 0 Å². The zero-order valence-corrected chi connectivity index (χ0v) is 8.62. The molecule has 2 rings (SSSR count). The molecule has 1 nitrogen and oxygen atoms in total. The molecule has 0 aromatic carbocycles. The molecule has 0 bridgehead atoms. The lowest BCUT2D eigenvalue weighted by molar-refractivity contribution is 0.953. The smallest absolute Gasteiger partial charge is 0.0457 e. The molecule has 1 aliphatic carbocycles. The minimum Gasteiger partial charge on any atom is -0.361 e. The SMILES string of the molecule is C/C=C\c1c[nH]c2c1C=CC(C)C=C2. The predicted octanol–water partition coefficient (Wildman–Crippen LogP) is 3.72. The third-order valence-corrected chi connectivity index (χ3v) is 2.46. The van der Waals surface area contributed by atoms with E-state index in [1.54, 1.807) is 0 Å². The van der Waals surface area contributed by atoms with Gasteiger partial charge in [0, 0.05) is 17.5 Å². The molecule has 1 atom stereocenters. The molecule has 0 spiro atoms. The fourth-order valence-corrected chi connectivity index (χ4v) is 1.67. The number of aromatic nitrogens is 1. The van der Waals surface area contributed by atoms with Gasteiger partial charge in [0.1, 0.15) is 0 Å². The van der Waals surface area contributed by atoms with E-state index in [0.717, 1.165) is 0 Å². The molecule has 0 fully saturated rings. The summed E-state index contributed by atoms with van der Waals surface area (Å²) >= 11 is 0. The molecule has 72 valence electrons. The Morgan fingerprint density at radius 3 is 2.86 bits per heavy atom. The van der Waals surface area contributed by atoms with Gasteiger partial charge in [-0.15, -0.1) is 0 Å². The minimum atomic E-state index is 0.522. The van der Waals surface area contributed by atoms with Gasteiger partial charge < -0.3 is 4.98 Å². The van der Waals surface area contributed by atoms with Crippen molar-refractivity contribution in [2.24, 2.45) is 5.92 Å². The van der Waals surface area contributed by atoms with Crippen LogP contribution in [0.15, 0.2) is 24.4 Å². The highest BCUT2D eigenvalue weighted by Gasteiger charge is 2.06. The van der Waals surface area contributed by atoms with Crippen LogP contribution in [0.3, 0.4) is 0 Å². The first-order valence-electron chi connectivity index (χ1n) is 5.01. The van der Waals surface area contributed by atoms with Gasteiger partial charge >= 0.3 is 0 Å². The summed E-state index contributed by atoms with van der Waals surface area (Å²) in [5.41, 5.74) is 3.76. The third-order valence-electron chi connectivity index (χ3n) is 2.46. The van der Waals surface area contributed by atoms with Gasteiger partial charge in [-0.25, -0.2) is 0 Å². The molecule has 0 saturated carbocycles. The Balaban J connectivity index is 2.49. The van der Waals surface area contributed by atoms with E-state index < -0.39 is 0 Å². The summed E-state index contributed by atoms with van der Waals surface area (Å²) in [6.45, 7) is 4.23. The van der Waals surface area contributed by atoms with E-state index in [-0.39, 0.29) is 0 Å². The fraction of sp³-hybridized carbons (Fsp3) is 0.231. The van der Waals surface area contributed by atoms with Crippen LogP contribution in [-0.2, 0) is 0 Å². The van der Waals surface area contributed by atoms with Gasteiger partial charge in [-0.1, -0.05) is 37.3 Å². The van der Waals surface area contributed by atoms with Crippen molar-refractivity contribution in [3.8, 4) is 0 Å². The van der Waals surface area contributed by atoms with Crippen LogP contribution in [-0.4, -0.2) is 4.98 Å². The van der Waals surface area contributed by atoms with E-state index in [2.05, 4.69) is 54.6 Å². The predicted molar refractivity (Wildman–Crippen MR) is 62.7 cm³/mol. The van der Waals surface area contributed by atoms with Crippen LogP contribution >= 0.6 is 0 Å². The van der Waals surface area contributed by atoms with Crippen molar-refractivity contribution >= 4 is 18.2 Å². The van der Waals surface area contributed by atoms with Crippen LogP contribution in [0, 0.1) is 5.92 Å². The van der Waals surface area contributed by atoms with Crippen molar-refractivity contribution in [1.29, 1.82) is 0 Å². The van der Waals surface area contributed by atoms with Crippen LogP contribution < -0.4 is 0 Å². The number of H-pyrrole nitrogens is 1. The van der Waals surface area contributed by atoms with Gasteiger partial charge in [0.05, 0.1) is 0 Å². The van der Waals surface area contributed by atoms with Crippen LogP contribution in [0.25, 0.3) is 18.2 Å². The second kappa shape index (κ2) is 3.70. The zero-order valence-electron chi connectivity index (χ0n) is 8.62. The molecule has 0 amide bonds. The highest BCUT2D eigenvalue weighted by atomic mass is 14.7. The average molecular weight is 185 g/mol. The van der Waals surface area contributed by atoms with Gasteiger partial charge in [0.25, 0.3) is 0 Å². The monoisotopic (exact) mass is 185 g/mol. The molecule has 1 heteroatoms. The molecule has 1 aromatic rings. The summed E-state index contributed by atoms with van der Waals surface area (Å²) in [5, 5.41) is 0. The number of aromatic amines is 1. The number of allylic oxidation sites excluding steroid dienone is 3. The van der Waals surface area contributed by atoms with E-state index in [0.29, 0.717) is 5.92 Å². The lowest BCUT2D eigenvalue weighted by Crippen LogP contribution is -1.78. The number of fused-ring (bicyclic) bond motifs is 1. The Labute approximate surface area is 84.9 Å². The Kier molecular flexibility index (Phi) is 2.40. The van der Waals surface area contributed by atoms with Crippen molar-refractivity contribution in [3.63, 3.8) is 0 Å². The number of hydrogen-bond acceptors (Lipinski definition) is 0. The van der Waals surface area contributed by atoms with Gasteiger partial charge in [0.2, 0.25) is 0 Å². The minimum absolute atomic E-state index is 0.522. The topological polar surface area (TPSA) is 15.8 Å². The van der Waals surface area contributed by atoms with Crippen LogP contribution in [0.5, 0.6) is 0 Å². The third kappa shape index (κ3) is 1.58. The van der Waals surface area contributed by atoms with Gasteiger partial charge in [0.15, 0.2) is 0 Å². The van der Waals surface area contributed by atoms with Crippen molar-refractivity contribution in [2.45, 2.75) is 13.8 Å². The number of hydrogen-bond donors (Lipinski definition) is 1. The molecule has 1 N–H and O–H groups in total. The molecular formula is C13H15N. The average Bonchev–Trinajstić information content (AvgIpc) is 2.45. The lowest BCUT2D eigenvalue weighted by atomic mass is 10.1. The highest BCUT2D eigenvalue weighted by Crippen LogP contribution is 2.23. The maximum absolute atomic E-state index is 3.28. The van der Waals surface area contributed by atoms with Gasteiger partial charge in [-0.2, -0.15) is 0 Å². The van der Waals surface area contributed by atoms with Gasteiger partial charge in [-0.3, -0.25) is 0 Å². The summed E-state index contributed by atoms with van der Waals surface area (Å²) in [4.78, 5) is 3.28. The summed E-state index contributed by atoms with van der Waals surface area (Å²) < 4.78 is 0. The first-order chi connectivity index (χ1) is 6.81. The lowest BCUT2D eigenvalue weighted by Gasteiger charge is -1.93. The molecule has 0 saturated heterocycles. The standard InChI is InChI=1S/C13H15N/c1-3-4-11-9-14-13-8-6-10(2)5-7-12(11)13/h3-10,14H,1-2H3/b4-3-. The highest BCUT2D eigenvalue weighted by molar-refractivity contribution is 5.74. The van der Waals surface area contributed by atoms with Crippen LogP contribution in [0.1, 0.15) is 30.7 Å². The Morgan fingerprint density at radius 2 is 2.07 bits per heavy atom. The molecule has 0 aliphatic heterocycles. The molecule has 1 heterocycles. The van der Waals surface area contributed by atoms with E-state index >= 15 is 0 Å². The Bertz CT molecular complexity index is 405. The van der Waals surface area contributed by atoms with Crippen molar-refractivity contribution in [3.05, 3.63) is 41.2 Å². The van der Waals surface area contributed by atoms with Crippen molar-refractivity contribution < 1.29 is 0 Å². The summed E-state index contributed by atoms with van der Waals surface area (Å²) in [6, 6.07) is 0. The van der Waals surface area contributed by atoms with E-state index in [9.17, 15) is 0 Å². The maximum Gasteiger partial charge on any atom is 0.0457 e. The van der Waals surface area contributed by atoms with E-state index in [1.807, 2.05) is 6.92 Å². The second-order valence-corrected chi connectivity index (χ2v) is 3.65. The maximum atomic E-state index is 3.28. The normalized spacial score (nSPS) is 20.0. The van der Waals surface area contributed by atoms with Crippen molar-refractivity contribution in [2.75, 3.05) is 0 Å². The molecule has 0 radical (unpaired) electrons. The number of rotatable bonds is 1. The molecule has 1 aromatic heterocycles.